The smallest absolute Gasteiger partial charge is 0.160 e. The van der Waals surface area contributed by atoms with E-state index in [0.717, 1.165) is 12.2 Å². The van der Waals surface area contributed by atoms with Crippen LogP contribution in [0.15, 0.2) is 16.8 Å². The third-order valence-electron chi connectivity index (χ3n) is 3.11. The van der Waals surface area contributed by atoms with Crippen molar-refractivity contribution in [3.8, 4) is 0 Å². The van der Waals surface area contributed by atoms with E-state index in [2.05, 4.69) is 15.2 Å². The molecule has 1 aliphatic heterocycles. The first-order valence-corrected chi connectivity index (χ1v) is 5.77. The van der Waals surface area contributed by atoms with Crippen molar-refractivity contribution < 1.29 is 14.5 Å². The lowest BCUT2D eigenvalue weighted by Crippen LogP contribution is -2.44. The number of aromatic nitrogens is 2. The number of hydrogen-bond donors (Lipinski definition) is 2. The number of morpholine rings is 1. The van der Waals surface area contributed by atoms with Crippen molar-refractivity contribution >= 4 is 22.4 Å². The van der Waals surface area contributed by atoms with E-state index < -0.39 is 0 Å². The number of hydrogen-bond acceptors (Lipinski definition) is 7. The molecule has 1 aromatic carbocycles. The fourth-order valence-electron chi connectivity index (χ4n) is 2.18. The van der Waals surface area contributed by atoms with Gasteiger partial charge in [0.15, 0.2) is 11.0 Å². The molecule has 96 valence electrons. The largest absolute Gasteiger partial charge is 0.397 e. The number of fused-ring (bicyclic) bond motifs is 1. The van der Waals surface area contributed by atoms with Gasteiger partial charge in [0.05, 0.1) is 30.7 Å². The lowest BCUT2D eigenvalue weighted by Gasteiger charge is -2.33. The van der Waals surface area contributed by atoms with Crippen LogP contribution in [0, 0.1) is 0 Å². The zero-order valence-electron chi connectivity index (χ0n) is 9.74. The van der Waals surface area contributed by atoms with Crippen LogP contribution in [0.3, 0.4) is 0 Å². The monoisotopic (exact) mass is 250 g/mol. The summed E-state index contributed by atoms with van der Waals surface area (Å²) in [4.78, 5) is 2.09. The molecule has 1 saturated heterocycles. The first-order valence-electron chi connectivity index (χ1n) is 5.77. The van der Waals surface area contributed by atoms with Gasteiger partial charge in [-0.3, -0.25) is 0 Å². The van der Waals surface area contributed by atoms with E-state index in [1.807, 2.05) is 6.07 Å². The van der Waals surface area contributed by atoms with Gasteiger partial charge in [-0.2, -0.15) is 0 Å². The van der Waals surface area contributed by atoms with Crippen LogP contribution in [0.2, 0.25) is 0 Å². The summed E-state index contributed by atoms with van der Waals surface area (Å²) in [6.07, 6.45) is -0.175. The molecule has 7 nitrogen and oxygen atoms in total. The van der Waals surface area contributed by atoms with E-state index in [1.165, 1.54) is 0 Å². The lowest BCUT2D eigenvalue weighted by atomic mass is 10.2. The molecule has 1 unspecified atom stereocenters. The molecule has 18 heavy (non-hydrogen) atoms. The Morgan fingerprint density at radius 1 is 1.39 bits per heavy atom. The Hall–Kier alpha value is -1.86. The number of benzene rings is 1. The van der Waals surface area contributed by atoms with Gasteiger partial charge < -0.3 is 20.5 Å². The van der Waals surface area contributed by atoms with Crippen molar-refractivity contribution in [3.05, 3.63) is 12.1 Å². The maximum Gasteiger partial charge on any atom is 0.160 e. The van der Waals surface area contributed by atoms with Crippen LogP contribution in [-0.2, 0) is 4.74 Å². The molecule has 3 rings (SSSR count). The van der Waals surface area contributed by atoms with Crippen LogP contribution in [0.25, 0.3) is 11.0 Å². The molecule has 3 N–H and O–H groups in total. The Labute approximate surface area is 103 Å². The van der Waals surface area contributed by atoms with E-state index >= 15 is 0 Å². The third kappa shape index (κ3) is 1.77. The highest BCUT2D eigenvalue weighted by atomic mass is 16.6. The minimum atomic E-state index is -0.175. The molecule has 7 heteroatoms. The standard InChI is InChI=1S/C11H14N4O3/c12-8-1-2-9(11-10(8)13-18-14-11)15-3-4-17-7(5-15)6-16/h1-2,7,16H,3-6,12H2. The number of anilines is 2. The number of rotatable bonds is 2. The topological polar surface area (TPSA) is 97.6 Å². The van der Waals surface area contributed by atoms with Crippen LogP contribution in [-0.4, -0.2) is 47.8 Å². The second-order valence-corrected chi connectivity index (χ2v) is 4.26. The molecule has 1 atom stereocenters. The Morgan fingerprint density at radius 2 is 2.22 bits per heavy atom. The first kappa shape index (κ1) is 11.2. The van der Waals surface area contributed by atoms with E-state index in [4.69, 9.17) is 20.2 Å². The summed E-state index contributed by atoms with van der Waals surface area (Å²) in [6.45, 7) is 1.93. The number of ether oxygens (including phenoxy) is 1. The molecule has 0 amide bonds. The van der Waals surface area contributed by atoms with E-state index in [1.54, 1.807) is 6.07 Å². The summed E-state index contributed by atoms with van der Waals surface area (Å²) < 4.78 is 10.2. The quantitative estimate of drug-likeness (QED) is 0.724. The average molecular weight is 250 g/mol. The highest BCUT2D eigenvalue weighted by molar-refractivity contribution is 5.95. The fraction of sp³-hybridized carbons (Fsp3) is 0.455. The van der Waals surface area contributed by atoms with Gasteiger partial charge >= 0.3 is 0 Å². The summed E-state index contributed by atoms with van der Waals surface area (Å²) in [5.41, 5.74) is 8.47. The normalized spacial score (nSPS) is 20.5. The Balaban J connectivity index is 1.98. The molecule has 0 aliphatic carbocycles. The molecule has 0 radical (unpaired) electrons. The molecule has 1 aliphatic rings. The zero-order valence-corrected chi connectivity index (χ0v) is 9.74. The van der Waals surface area contributed by atoms with Crippen molar-refractivity contribution in [1.29, 1.82) is 0 Å². The molecule has 2 aromatic rings. The van der Waals surface area contributed by atoms with Gasteiger partial charge in [-0.05, 0) is 22.4 Å². The molecular formula is C11H14N4O3. The summed E-state index contributed by atoms with van der Waals surface area (Å²) in [6, 6.07) is 3.67. The third-order valence-corrected chi connectivity index (χ3v) is 3.11. The number of aliphatic hydroxyl groups is 1. The number of nitrogens with zero attached hydrogens (tertiary/aromatic N) is 3. The second kappa shape index (κ2) is 4.43. The molecule has 1 fully saturated rings. The molecule has 2 heterocycles. The predicted molar refractivity (Wildman–Crippen MR) is 65.3 cm³/mol. The molecular weight excluding hydrogens is 236 g/mol. The van der Waals surface area contributed by atoms with E-state index in [9.17, 15) is 0 Å². The molecule has 0 bridgehead atoms. The van der Waals surface area contributed by atoms with Gasteiger partial charge in [0.25, 0.3) is 0 Å². The Kier molecular flexibility index (Phi) is 2.77. The maximum atomic E-state index is 9.15. The summed E-state index contributed by atoms with van der Waals surface area (Å²) in [5.74, 6) is 0. The maximum absolute atomic E-state index is 9.15. The zero-order chi connectivity index (χ0) is 12.5. The number of nitrogen functional groups attached to an aromatic ring is 1. The Bertz CT molecular complexity index is 556. The predicted octanol–water partition coefficient (Wildman–Crippen LogP) is 0.00250. The fourth-order valence-corrected chi connectivity index (χ4v) is 2.18. The minimum Gasteiger partial charge on any atom is -0.397 e. The van der Waals surface area contributed by atoms with Crippen LogP contribution in [0.1, 0.15) is 0 Å². The highest BCUT2D eigenvalue weighted by Gasteiger charge is 2.23. The summed E-state index contributed by atoms with van der Waals surface area (Å²) in [7, 11) is 0. The SMILES string of the molecule is Nc1ccc(N2CCOC(CO)C2)c2nonc12. The van der Waals surface area contributed by atoms with Gasteiger partial charge in [0, 0.05) is 13.1 Å². The van der Waals surface area contributed by atoms with Gasteiger partial charge in [0.1, 0.15) is 0 Å². The van der Waals surface area contributed by atoms with Gasteiger partial charge in [-0.25, -0.2) is 4.63 Å². The summed E-state index contributed by atoms with van der Waals surface area (Å²) >= 11 is 0. The summed E-state index contributed by atoms with van der Waals surface area (Å²) in [5, 5.41) is 16.8. The Morgan fingerprint density at radius 3 is 3.06 bits per heavy atom. The van der Waals surface area contributed by atoms with Crippen LogP contribution in [0.5, 0.6) is 0 Å². The van der Waals surface area contributed by atoms with Crippen molar-refractivity contribution in [1.82, 2.24) is 10.3 Å². The number of nitrogens with two attached hydrogens (primary N) is 1. The van der Waals surface area contributed by atoms with Gasteiger partial charge in [0.2, 0.25) is 0 Å². The average Bonchev–Trinajstić information content (AvgIpc) is 2.89. The number of aliphatic hydroxyl groups excluding tert-OH is 1. The first-order chi connectivity index (χ1) is 8.79. The molecule has 1 aromatic heterocycles. The van der Waals surface area contributed by atoms with Gasteiger partial charge in [-0.1, -0.05) is 0 Å². The molecule has 0 spiro atoms. The van der Waals surface area contributed by atoms with Gasteiger partial charge in [-0.15, -0.1) is 0 Å². The van der Waals surface area contributed by atoms with Crippen molar-refractivity contribution in [2.45, 2.75) is 6.10 Å². The second-order valence-electron chi connectivity index (χ2n) is 4.26. The van der Waals surface area contributed by atoms with Crippen LogP contribution >= 0.6 is 0 Å². The van der Waals surface area contributed by atoms with E-state index in [0.29, 0.717) is 29.9 Å². The lowest BCUT2D eigenvalue weighted by molar-refractivity contribution is 0.00362. The van der Waals surface area contributed by atoms with Crippen molar-refractivity contribution in [2.24, 2.45) is 0 Å². The highest BCUT2D eigenvalue weighted by Crippen LogP contribution is 2.29. The van der Waals surface area contributed by atoms with Crippen molar-refractivity contribution in [2.75, 3.05) is 36.9 Å². The van der Waals surface area contributed by atoms with E-state index in [-0.39, 0.29) is 12.7 Å². The van der Waals surface area contributed by atoms with Crippen molar-refractivity contribution in [3.63, 3.8) is 0 Å². The van der Waals surface area contributed by atoms with Crippen LogP contribution in [0.4, 0.5) is 11.4 Å². The minimum absolute atomic E-state index is 0.00564. The molecule has 0 saturated carbocycles. The van der Waals surface area contributed by atoms with Crippen LogP contribution < -0.4 is 10.6 Å².